The largest absolute Gasteiger partial charge is 0.467 e. The maximum atomic E-state index is 12.8. The molecular weight excluding hydrogens is 373 g/mol. The van der Waals surface area contributed by atoms with Crippen molar-refractivity contribution in [2.24, 2.45) is 0 Å². The molecule has 28 heavy (non-hydrogen) atoms. The molecule has 2 N–H and O–H groups in total. The zero-order valence-electron chi connectivity index (χ0n) is 14.4. The molecule has 1 heterocycles. The lowest BCUT2D eigenvalue weighted by Gasteiger charge is -2.10. The third-order valence-electron chi connectivity index (χ3n) is 3.84. The molecule has 0 aliphatic rings. The summed E-state index contributed by atoms with van der Waals surface area (Å²) in [5, 5.41) is 5.06. The van der Waals surface area contributed by atoms with Crippen LogP contribution in [0.4, 0.5) is 18.9 Å². The smallest absolute Gasteiger partial charge is 0.416 e. The molecule has 2 aromatic carbocycles. The Balaban J connectivity index is 1.69. The molecule has 8 heteroatoms. The molecule has 0 unspecified atom stereocenters. The summed E-state index contributed by atoms with van der Waals surface area (Å²) in [5.41, 5.74) is -0.477. The first-order valence-electron chi connectivity index (χ1n) is 8.22. The molecule has 1 aromatic heterocycles. The van der Waals surface area contributed by atoms with Crippen molar-refractivity contribution in [1.82, 2.24) is 5.32 Å². The van der Waals surface area contributed by atoms with Crippen LogP contribution in [0, 0.1) is 0 Å². The van der Waals surface area contributed by atoms with E-state index in [4.69, 9.17) is 4.42 Å². The van der Waals surface area contributed by atoms with Crippen LogP contribution in [0.15, 0.2) is 71.3 Å². The van der Waals surface area contributed by atoms with Gasteiger partial charge in [-0.1, -0.05) is 12.1 Å². The first-order valence-corrected chi connectivity index (χ1v) is 8.22. The molecule has 144 valence electrons. The molecule has 0 aliphatic heterocycles. The number of hydrogen-bond donors (Lipinski definition) is 2. The Hall–Kier alpha value is -3.55. The third kappa shape index (κ3) is 4.79. The molecule has 0 saturated heterocycles. The van der Waals surface area contributed by atoms with Gasteiger partial charge in [0.25, 0.3) is 11.8 Å². The van der Waals surface area contributed by atoms with Gasteiger partial charge >= 0.3 is 6.18 Å². The van der Waals surface area contributed by atoms with E-state index in [2.05, 4.69) is 10.6 Å². The highest BCUT2D eigenvalue weighted by atomic mass is 19.4. The minimum Gasteiger partial charge on any atom is -0.467 e. The van der Waals surface area contributed by atoms with Gasteiger partial charge in [-0.25, -0.2) is 0 Å². The van der Waals surface area contributed by atoms with Gasteiger partial charge in [0, 0.05) is 16.8 Å². The monoisotopic (exact) mass is 388 g/mol. The molecule has 0 aliphatic carbocycles. The minimum absolute atomic E-state index is 0.00694. The van der Waals surface area contributed by atoms with Crippen molar-refractivity contribution in [3.63, 3.8) is 0 Å². The summed E-state index contributed by atoms with van der Waals surface area (Å²) < 4.78 is 43.5. The number of halogens is 3. The molecular formula is C20H15F3N2O3. The number of alkyl halides is 3. The fraction of sp³-hybridized carbons (Fsp3) is 0.100. The van der Waals surface area contributed by atoms with Crippen LogP contribution in [-0.2, 0) is 12.7 Å². The second-order valence-electron chi connectivity index (χ2n) is 5.88. The van der Waals surface area contributed by atoms with Crippen molar-refractivity contribution < 1.29 is 27.2 Å². The highest BCUT2D eigenvalue weighted by molar-refractivity contribution is 6.06. The van der Waals surface area contributed by atoms with Crippen molar-refractivity contribution in [3.8, 4) is 0 Å². The fourth-order valence-electron chi connectivity index (χ4n) is 2.46. The lowest BCUT2D eigenvalue weighted by molar-refractivity contribution is -0.137. The molecule has 0 spiro atoms. The van der Waals surface area contributed by atoms with E-state index in [1.165, 1.54) is 42.7 Å². The van der Waals surface area contributed by atoms with Crippen molar-refractivity contribution in [2.45, 2.75) is 12.7 Å². The lowest BCUT2D eigenvalue weighted by Crippen LogP contribution is -2.23. The average Bonchev–Trinajstić information content (AvgIpc) is 3.19. The van der Waals surface area contributed by atoms with Gasteiger partial charge in [0.2, 0.25) is 0 Å². The van der Waals surface area contributed by atoms with Crippen LogP contribution in [0.25, 0.3) is 0 Å². The number of carbonyl (C=O) groups excluding carboxylic acids is 2. The zero-order valence-corrected chi connectivity index (χ0v) is 14.4. The van der Waals surface area contributed by atoms with Crippen LogP contribution in [0.2, 0.25) is 0 Å². The van der Waals surface area contributed by atoms with Gasteiger partial charge in [-0.15, -0.1) is 0 Å². The quantitative estimate of drug-likeness (QED) is 0.677. The van der Waals surface area contributed by atoms with E-state index in [0.29, 0.717) is 5.76 Å². The number of nitrogens with one attached hydrogen (secondary N) is 2. The van der Waals surface area contributed by atoms with Crippen LogP contribution in [0.1, 0.15) is 32.0 Å². The molecule has 0 fully saturated rings. The third-order valence-corrected chi connectivity index (χ3v) is 3.84. The zero-order chi connectivity index (χ0) is 20.1. The number of furan rings is 1. The first kappa shape index (κ1) is 19.2. The number of amides is 2. The van der Waals surface area contributed by atoms with Gasteiger partial charge in [-0.3, -0.25) is 9.59 Å². The van der Waals surface area contributed by atoms with E-state index >= 15 is 0 Å². The molecule has 3 aromatic rings. The van der Waals surface area contributed by atoms with Crippen LogP contribution in [0.3, 0.4) is 0 Å². The molecule has 0 saturated carbocycles. The van der Waals surface area contributed by atoms with Crippen LogP contribution >= 0.6 is 0 Å². The SMILES string of the molecule is O=C(NCc1ccco1)c1cccc(C(=O)Nc2cccc(C(F)(F)F)c2)c1. The normalized spacial score (nSPS) is 11.1. The topological polar surface area (TPSA) is 71.3 Å². The molecule has 2 amide bonds. The Morgan fingerprint density at radius 3 is 2.29 bits per heavy atom. The Morgan fingerprint density at radius 1 is 0.893 bits per heavy atom. The Kier molecular flexibility index (Phi) is 5.49. The summed E-state index contributed by atoms with van der Waals surface area (Å²) in [6, 6.07) is 13.6. The number of carbonyl (C=O) groups is 2. The molecule has 5 nitrogen and oxygen atoms in total. The highest BCUT2D eigenvalue weighted by Gasteiger charge is 2.30. The molecule has 0 bridgehead atoms. The van der Waals surface area contributed by atoms with Gasteiger partial charge in [0.1, 0.15) is 5.76 Å². The fourth-order valence-corrected chi connectivity index (χ4v) is 2.46. The number of benzene rings is 2. The number of rotatable bonds is 5. The average molecular weight is 388 g/mol. The highest BCUT2D eigenvalue weighted by Crippen LogP contribution is 2.30. The van der Waals surface area contributed by atoms with Gasteiger partial charge < -0.3 is 15.1 Å². The van der Waals surface area contributed by atoms with Crippen LogP contribution in [0.5, 0.6) is 0 Å². The maximum Gasteiger partial charge on any atom is 0.416 e. The van der Waals surface area contributed by atoms with E-state index in [0.717, 1.165) is 12.1 Å². The minimum atomic E-state index is -4.51. The van der Waals surface area contributed by atoms with Crippen LogP contribution < -0.4 is 10.6 Å². The van der Waals surface area contributed by atoms with E-state index in [1.54, 1.807) is 12.1 Å². The standard InChI is InChI=1S/C20H15F3N2O3/c21-20(22,23)15-6-2-7-16(11-15)25-19(27)14-5-1-4-13(10-14)18(26)24-12-17-8-3-9-28-17/h1-11H,12H2,(H,24,26)(H,25,27). The van der Waals surface area contributed by atoms with Crippen molar-refractivity contribution in [2.75, 3.05) is 5.32 Å². The van der Waals surface area contributed by atoms with Gasteiger partial charge in [0.05, 0.1) is 18.4 Å². The molecule has 0 atom stereocenters. The molecule has 3 rings (SSSR count). The van der Waals surface area contributed by atoms with E-state index in [-0.39, 0.29) is 23.4 Å². The summed E-state index contributed by atoms with van der Waals surface area (Å²) in [5.74, 6) is -0.461. The summed E-state index contributed by atoms with van der Waals surface area (Å²) in [6.07, 6.45) is -3.02. The maximum absolute atomic E-state index is 12.8. The first-order chi connectivity index (χ1) is 13.3. The Bertz CT molecular complexity index is 982. The molecule has 0 radical (unpaired) electrons. The summed E-state index contributed by atoms with van der Waals surface area (Å²) >= 11 is 0. The second kappa shape index (κ2) is 7.99. The Morgan fingerprint density at radius 2 is 1.61 bits per heavy atom. The Labute approximate surface area is 158 Å². The van der Waals surface area contributed by atoms with E-state index < -0.39 is 23.6 Å². The number of hydrogen-bond acceptors (Lipinski definition) is 3. The van der Waals surface area contributed by atoms with Crippen molar-refractivity contribution in [1.29, 1.82) is 0 Å². The van der Waals surface area contributed by atoms with Gasteiger partial charge in [0.15, 0.2) is 0 Å². The second-order valence-corrected chi connectivity index (χ2v) is 5.88. The van der Waals surface area contributed by atoms with E-state index in [9.17, 15) is 22.8 Å². The van der Waals surface area contributed by atoms with Crippen LogP contribution in [-0.4, -0.2) is 11.8 Å². The van der Waals surface area contributed by atoms with Gasteiger partial charge in [-0.2, -0.15) is 13.2 Å². The predicted octanol–water partition coefficient (Wildman–Crippen LogP) is 4.48. The van der Waals surface area contributed by atoms with Gasteiger partial charge in [-0.05, 0) is 48.5 Å². The number of anilines is 1. The predicted molar refractivity (Wildman–Crippen MR) is 95.7 cm³/mol. The summed E-state index contributed by atoms with van der Waals surface area (Å²) in [7, 11) is 0. The lowest BCUT2D eigenvalue weighted by atomic mass is 10.1. The summed E-state index contributed by atoms with van der Waals surface area (Å²) in [4.78, 5) is 24.6. The van der Waals surface area contributed by atoms with Crippen molar-refractivity contribution in [3.05, 3.63) is 89.4 Å². The van der Waals surface area contributed by atoms with Crippen molar-refractivity contribution >= 4 is 17.5 Å². The van der Waals surface area contributed by atoms with E-state index in [1.807, 2.05) is 0 Å². The summed E-state index contributed by atoms with van der Waals surface area (Å²) in [6.45, 7) is 0.187.